The quantitative estimate of drug-likeness (QED) is 0.515. The van der Waals surface area contributed by atoms with Gasteiger partial charge in [0, 0.05) is 17.4 Å². The Hall–Kier alpha value is -1.33. The van der Waals surface area contributed by atoms with Crippen LogP contribution >= 0.6 is 22.6 Å². The molecular weight excluding hydrogens is 419 g/mol. The maximum absolute atomic E-state index is 6.33. The minimum Gasteiger partial charge on any atom is -0.332 e. The van der Waals surface area contributed by atoms with Gasteiger partial charge in [0.25, 0.3) is 0 Å². The summed E-state index contributed by atoms with van der Waals surface area (Å²) in [6.07, 6.45) is 14.9. The number of alkyl halides is 1. The Balaban J connectivity index is 1.87. The van der Waals surface area contributed by atoms with Crippen LogP contribution in [0.5, 0.6) is 0 Å². The van der Waals surface area contributed by atoms with Crippen molar-refractivity contribution in [3.8, 4) is 0 Å². The molecule has 0 aromatic heterocycles. The number of nitrogens with zero attached hydrogens (tertiary/aromatic N) is 1. The number of hydrogen-bond donors (Lipinski definition) is 1. The summed E-state index contributed by atoms with van der Waals surface area (Å²) < 4.78 is -0.0278. The predicted octanol–water partition coefficient (Wildman–Crippen LogP) is 4.99. The predicted molar refractivity (Wildman–Crippen MR) is 115 cm³/mol. The summed E-state index contributed by atoms with van der Waals surface area (Å²) in [4.78, 5) is 2.50. The van der Waals surface area contributed by atoms with E-state index in [1.54, 1.807) is 0 Å². The Morgan fingerprint density at radius 3 is 2.64 bits per heavy atom. The Labute approximate surface area is 164 Å². The zero-order valence-electron chi connectivity index (χ0n) is 14.8. The number of nitrogens with two attached hydrogens (primary N) is 1. The second-order valence-corrected chi connectivity index (χ2v) is 9.16. The van der Waals surface area contributed by atoms with Gasteiger partial charge in [0.05, 0.1) is 9.46 Å². The van der Waals surface area contributed by atoms with Crippen molar-refractivity contribution >= 4 is 28.3 Å². The van der Waals surface area contributed by atoms with Crippen LogP contribution in [0.4, 0.5) is 5.69 Å². The summed E-state index contributed by atoms with van der Waals surface area (Å²) in [5.41, 5.74) is 10.3. The molecule has 2 nitrogen and oxygen atoms in total. The summed E-state index contributed by atoms with van der Waals surface area (Å²) in [6, 6.07) is 11.3. The molecule has 1 aromatic carbocycles. The molecule has 0 amide bonds. The lowest BCUT2D eigenvalue weighted by Gasteiger charge is -2.40. The molecule has 1 aromatic rings. The van der Waals surface area contributed by atoms with Crippen molar-refractivity contribution < 1.29 is 0 Å². The minimum absolute atomic E-state index is 0.0278. The SMILES string of the molecule is CC=C1/C(=C\C2C(C)CC2N)N(c2ccccc2)C2C=CC=CC12I. The van der Waals surface area contributed by atoms with Crippen LogP contribution in [0, 0.1) is 11.8 Å². The zero-order chi connectivity index (χ0) is 17.6. The van der Waals surface area contributed by atoms with Gasteiger partial charge < -0.3 is 10.6 Å². The van der Waals surface area contributed by atoms with Crippen molar-refractivity contribution in [3.05, 3.63) is 78.1 Å². The van der Waals surface area contributed by atoms with Crippen LogP contribution in [0.2, 0.25) is 0 Å². The van der Waals surface area contributed by atoms with E-state index in [-0.39, 0.29) is 9.46 Å². The molecule has 5 unspecified atom stereocenters. The molecule has 4 rings (SSSR count). The first-order valence-electron chi connectivity index (χ1n) is 9.10. The van der Waals surface area contributed by atoms with Crippen LogP contribution in [0.1, 0.15) is 20.3 Å². The summed E-state index contributed by atoms with van der Waals surface area (Å²) in [5.74, 6) is 1.13. The number of allylic oxidation sites excluding steroid dienone is 4. The van der Waals surface area contributed by atoms with E-state index in [4.69, 9.17) is 5.73 Å². The maximum atomic E-state index is 6.33. The van der Waals surface area contributed by atoms with Crippen LogP contribution in [0.25, 0.3) is 0 Å². The summed E-state index contributed by atoms with van der Waals surface area (Å²) in [6.45, 7) is 4.47. The highest BCUT2D eigenvalue weighted by Crippen LogP contribution is 2.52. The lowest BCUT2D eigenvalue weighted by Crippen LogP contribution is -2.45. The van der Waals surface area contributed by atoms with Crippen molar-refractivity contribution in [3.63, 3.8) is 0 Å². The number of anilines is 1. The summed E-state index contributed by atoms with van der Waals surface area (Å²) in [7, 11) is 0. The van der Waals surface area contributed by atoms with Crippen molar-refractivity contribution in [2.45, 2.75) is 35.8 Å². The minimum atomic E-state index is -0.0278. The van der Waals surface area contributed by atoms with Crippen molar-refractivity contribution in [2.75, 3.05) is 4.90 Å². The van der Waals surface area contributed by atoms with E-state index in [0.29, 0.717) is 17.9 Å². The number of fused-ring (bicyclic) bond motifs is 1. The molecule has 2 aliphatic carbocycles. The molecule has 3 aliphatic rings. The van der Waals surface area contributed by atoms with Gasteiger partial charge >= 0.3 is 0 Å². The first kappa shape index (κ1) is 17.1. The normalized spacial score (nSPS) is 39.8. The molecule has 0 radical (unpaired) electrons. The molecule has 1 aliphatic heterocycles. The van der Waals surface area contributed by atoms with Crippen molar-refractivity contribution in [1.29, 1.82) is 0 Å². The summed E-state index contributed by atoms with van der Waals surface area (Å²) >= 11 is 2.63. The number of halogens is 1. The van der Waals surface area contributed by atoms with Crippen molar-refractivity contribution in [2.24, 2.45) is 17.6 Å². The van der Waals surface area contributed by atoms with Gasteiger partial charge in [0.2, 0.25) is 0 Å². The van der Waals surface area contributed by atoms with Crippen LogP contribution in [-0.4, -0.2) is 15.5 Å². The second kappa shape index (κ2) is 6.44. The van der Waals surface area contributed by atoms with Gasteiger partial charge in [-0.3, -0.25) is 0 Å². The van der Waals surface area contributed by atoms with E-state index in [0.717, 1.165) is 6.42 Å². The Kier molecular flexibility index (Phi) is 4.40. The molecular formula is C22H25IN2. The Morgan fingerprint density at radius 2 is 2.00 bits per heavy atom. The smallest absolute Gasteiger partial charge is 0.0912 e. The van der Waals surface area contributed by atoms with Crippen LogP contribution in [0.3, 0.4) is 0 Å². The molecule has 1 heterocycles. The van der Waals surface area contributed by atoms with Crippen molar-refractivity contribution in [1.82, 2.24) is 0 Å². The lowest BCUT2D eigenvalue weighted by molar-refractivity contribution is 0.201. The lowest BCUT2D eigenvalue weighted by atomic mass is 9.70. The highest BCUT2D eigenvalue weighted by Gasteiger charge is 2.50. The first-order chi connectivity index (χ1) is 12.1. The average molecular weight is 444 g/mol. The fraction of sp³-hybridized carbons (Fsp3) is 0.364. The third kappa shape index (κ3) is 2.63. The van der Waals surface area contributed by atoms with E-state index < -0.39 is 0 Å². The third-order valence-corrected chi connectivity index (χ3v) is 7.45. The van der Waals surface area contributed by atoms with Gasteiger partial charge in [-0.05, 0) is 42.9 Å². The third-order valence-electron chi connectivity index (χ3n) is 5.87. The Morgan fingerprint density at radius 1 is 1.24 bits per heavy atom. The second-order valence-electron chi connectivity index (χ2n) is 7.37. The Bertz CT molecular complexity index is 768. The topological polar surface area (TPSA) is 29.3 Å². The maximum Gasteiger partial charge on any atom is 0.0912 e. The van der Waals surface area contributed by atoms with Crippen LogP contribution < -0.4 is 10.6 Å². The number of para-hydroxylation sites is 1. The van der Waals surface area contributed by atoms with Gasteiger partial charge in [-0.1, -0.05) is 84.2 Å². The largest absolute Gasteiger partial charge is 0.332 e. The monoisotopic (exact) mass is 444 g/mol. The number of hydrogen-bond acceptors (Lipinski definition) is 2. The number of rotatable bonds is 2. The van der Waals surface area contributed by atoms with Crippen LogP contribution in [0.15, 0.2) is 78.1 Å². The van der Waals surface area contributed by atoms with E-state index in [1.807, 2.05) is 0 Å². The van der Waals surface area contributed by atoms with Gasteiger partial charge in [-0.2, -0.15) is 0 Å². The average Bonchev–Trinajstić information content (AvgIpc) is 2.88. The molecule has 5 atom stereocenters. The van der Waals surface area contributed by atoms with E-state index >= 15 is 0 Å². The molecule has 2 fully saturated rings. The molecule has 130 valence electrons. The van der Waals surface area contributed by atoms with Gasteiger partial charge in [-0.15, -0.1) is 0 Å². The molecule has 3 heteroatoms. The van der Waals surface area contributed by atoms with E-state index in [2.05, 4.69) is 108 Å². The zero-order valence-corrected chi connectivity index (χ0v) is 16.9. The molecule has 25 heavy (non-hydrogen) atoms. The van der Waals surface area contributed by atoms with E-state index in [1.165, 1.54) is 17.0 Å². The molecule has 2 N–H and O–H groups in total. The fourth-order valence-electron chi connectivity index (χ4n) is 4.47. The van der Waals surface area contributed by atoms with Gasteiger partial charge in [0.15, 0.2) is 0 Å². The highest BCUT2D eigenvalue weighted by atomic mass is 127. The standard InChI is InChI=1S/C22H25IN2/c1-3-18-20(14-17-15(2)13-19(17)24)25(16-9-5-4-6-10-16)21-11-7-8-12-22(18,21)23/h3-12,14-15,17,19,21H,13,24H2,1-2H3/b18-3?,20-14+. The van der Waals surface area contributed by atoms with E-state index in [9.17, 15) is 0 Å². The highest BCUT2D eigenvalue weighted by molar-refractivity contribution is 14.1. The molecule has 1 saturated heterocycles. The first-order valence-corrected chi connectivity index (χ1v) is 10.2. The molecule has 1 saturated carbocycles. The van der Waals surface area contributed by atoms with Gasteiger partial charge in [0.1, 0.15) is 0 Å². The van der Waals surface area contributed by atoms with Crippen LogP contribution in [-0.2, 0) is 0 Å². The molecule has 0 bridgehead atoms. The fourth-order valence-corrected chi connectivity index (χ4v) is 5.75. The summed E-state index contributed by atoms with van der Waals surface area (Å²) in [5, 5.41) is 0. The van der Waals surface area contributed by atoms with Gasteiger partial charge in [-0.25, -0.2) is 0 Å². The molecule has 0 spiro atoms. The number of benzene rings is 1.